The largest absolute Gasteiger partial charge is 0.496 e. The number of fused-ring (bicyclic) bond motifs is 1. The molecular weight excluding hydrogens is 464 g/mol. The molecule has 2 saturated heterocycles. The number of para-hydroxylation sites is 2. The summed E-state index contributed by atoms with van der Waals surface area (Å²) in [6.07, 6.45) is 2.09. The Balaban J connectivity index is 1.26. The van der Waals surface area contributed by atoms with Gasteiger partial charge in [-0.3, -0.25) is 14.5 Å². The lowest BCUT2D eigenvalue weighted by molar-refractivity contribution is -0.139. The molecule has 2 aromatic carbocycles. The fraction of sp³-hybridized carbons (Fsp3) is 0.385. The molecule has 3 aromatic rings. The fourth-order valence-electron chi connectivity index (χ4n) is 4.95. The van der Waals surface area contributed by atoms with E-state index in [0.29, 0.717) is 18.8 Å². The number of hydrogen-bond acceptors (Lipinski definition) is 6. The van der Waals surface area contributed by atoms with Gasteiger partial charge in [0.15, 0.2) is 0 Å². The first-order valence-electron chi connectivity index (χ1n) is 11.8. The number of methoxy groups -OCH3 is 1. The van der Waals surface area contributed by atoms with Crippen LogP contribution in [0.15, 0.2) is 48.5 Å². The molecular formula is C26H28N4O4S. The molecule has 0 bridgehead atoms. The van der Waals surface area contributed by atoms with Gasteiger partial charge in [0.1, 0.15) is 17.8 Å². The first-order chi connectivity index (χ1) is 16.9. The average molecular weight is 493 g/mol. The maximum absolute atomic E-state index is 13.3. The van der Waals surface area contributed by atoms with E-state index in [1.807, 2.05) is 42.5 Å². The standard InChI is InChI=1S/C26H28N4O4S/c1-26(14-17-8-3-5-11-20(17)34-2)24(32)30(25(33)28-26)16-22(31)29-13-7-9-18(15-29)23-27-19-10-4-6-12-21(19)35-23/h3-6,8,10-12,18H,7,9,13-16H2,1-2H3,(H,28,33). The van der Waals surface area contributed by atoms with Gasteiger partial charge in [0.2, 0.25) is 5.91 Å². The Morgan fingerprint density at radius 3 is 2.77 bits per heavy atom. The SMILES string of the molecule is COc1ccccc1CC1(C)NC(=O)N(CC(=O)N2CCCC(c3nc4ccccc4s3)C2)C1=O. The second-order valence-electron chi connectivity index (χ2n) is 9.34. The fourth-order valence-corrected chi connectivity index (χ4v) is 6.04. The number of urea groups is 1. The summed E-state index contributed by atoms with van der Waals surface area (Å²) in [6.45, 7) is 2.58. The Morgan fingerprint density at radius 2 is 1.97 bits per heavy atom. The van der Waals surface area contributed by atoms with Gasteiger partial charge >= 0.3 is 6.03 Å². The number of rotatable bonds is 6. The number of nitrogens with one attached hydrogen (secondary N) is 1. The molecule has 4 amide bonds. The lowest BCUT2D eigenvalue weighted by atomic mass is 9.92. The van der Waals surface area contributed by atoms with Crippen LogP contribution in [0.2, 0.25) is 0 Å². The zero-order chi connectivity index (χ0) is 24.6. The third-order valence-electron chi connectivity index (χ3n) is 6.81. The van der Waals surface area contributed by atoms with Crippen LogP contribution in [0.1, 0.15) is 36.3 Å². The van der Waals surface area contributed by atoms with E-state index in [2.05, 4.69) is 11.4 Å². The molecule has 2 unspecified atom stereocenters. The molecule has 0 saturated carbocycles. The van der Waals surface area contributed by atoms with Gasteiger partial charge < -0.3 is 15.0 Å². The third-order valence-corrected chi connectivity index (χ3v) is 8.01. The van der Waals surface area contributed by atoms with Crippen molar-refractivity contribution in [2.45, 2.75) is 37.6 Å². The molecule has 1 N–H and O–H groups in total. The van der Waals surface area contributed by atoms with Crippen molar-refractivity contribution in [1.29, 1.82) is 0 Å². The minimum atomic E-state index is -1.14. The van der Waals surface area contributed by atoms with Crippen LogP contribution in [0.3, 0.4) is 0 Å². The highest BCUT2D eigenvalue weighted by Crippen LogP contribution is 2.33. The summed E-state index contributed by atoms with van der Waals surface area (Å²) >= 11 is 1.67. The normalized spacial score (nSPS) is 22.5. The summed E-state index contributed by atoms with van der Waals surface area (Å²) in [6, 6.07) is 14.9. The molecule has 2 aliphatic heterocycles. The monoisotopic (exact) mass is 492 g/mol. The summed E-state index contributed by atoms with van der Waals surface area (Å²) in [4.78, 5) is 46.8. The number of likely N-dealkylation sites (tertiary alicyclic amines) is 1. The van der Waals surface area contributed by atoms with E-state index in [0.717, 1.165) is 38.5 Å². The smallest absolute Gasteiger partial charge is 0.325 e. The highest BCUT2D eigenvalue weighted by atomic mass is 32.1. The van der Waals surface area contributed by atoms with Gasteiger partial charge in [-0.2, -0.15) is 0 Å². The van der Waals surface area contributed by atoms with Crippen LogP contribution in [0.4, 0.5) is 4.79 Å². The number of carbonyl (C=O) groups excluding carboxylic acids is 3. The van der Waals surface area contributed by atoms with Crippen LogP contribution in [0.25, 0.3) is 10.2 Å². The number of nitrogens with zero attached hydrogens (tertiary/aromatic N) is 3. The van der Waals surface area contributed by atoms with E-state index in [4.69, 9.17) is 9.72 Å². The molecule has 0 spiro atoms. The number of benzene rings is 2. The lowest BCUT2D eigenvalue weighted by Gasteiger charge is -2.32. The van der Waals surface area contributed by atoms with Gasteiger partial charge in [0, 0.05) is 25.4 Å². The highest BCUT2D eigenvalue weighted by molar-refractivity contribution is 7.18. The molecule has 0 radical (unpaired) electrons. The maximum atomic E-state index is 13.3. The van der Waals surface area contributed by atoms with E-state index in [-0.39, 0.29) is 24.8 Å². The van der Waals surface area contributed by atoms with Crippen LogP contribution >= 0.6 is 11.3 Å². The van der Waals surface area contributed by atoms with Crippen molar-refractivity contribution >= 4 is 39.4 Å². The molecule has 2 aliphatic rings. The summed E-state index contributed by atoms with van der Waals surface area (Å²) in [5.74, 6) is 0.186. The Hall–Kier alpha value is -3.46. The van der Waals surface area contributed by atoms with Crippen molar-refractivity contribution in [1.82, 2.24) is 20.1 Å². The van der Waals surface area contributed by atoms with Gasteiger partial charge in [-0.15, -0.1) is 11.3 Å². The van der Waals surface area contributed by atoms with E-state index >= 15 is 0 Å². The van der Waals surface area contributed by atoms with E-state index in [1.165, 1.54) is 0 Å². The molecule has 2 fully saturated rings. The molecule has 35 heavy (non-hydrogen) atoms. The van der Waals surface area contributed by atoms with Gasteiger partial charge in [0.05, 0.1) is 22.3 Å². The second kappa shape index (κ2) is 9.30. The lowest BCUT2D eigenvalue weighted by Crippen LogP contribution is -2.48. The predicted octanol–water partition coefficient (Wildman–Crippen LogP) is 3.56. The van der Waals surface area contributed by atoms with Gasteiger partial charge in [0.25, 0.3) is 5.91 Å². The molecule has 1 aromatic heterocycles. The van der Waals surface area contributed by atoms with Crippen molar-refractivity contribution < 1.29 is 19.1 Å². The number of piperidine rings is 1. The van der Waals surface area contributed by atoms with Crippen LogP contribution in [0, 0.1) is 0 Å². The Kier molecular flexibility index (Phi) is 6.19. The molecule has 5 rings (SSSR count). The molecule has 2 atom stereocenters. The van der Waals surface area contributed by atoms with E-state index in [1.54, 1.807) is 30.3 Å². The number of amides is 4. The van der Waals surface area contributed by atoms with Crippen molar-refractivity contribution in [2.24, 2.45) is 0 Å². The minimum Gasteiger partial charge on any atom is -0.496 e. The van der Waals surface area contributed by atoms with Crippen molar-refractivity contribution in [2.75, 3.05) is 26.7 Å². The van der Waals surface area contributed by atoms with Crippen molar-refractivity contribution in [3.8, 4) is 5.75 Å². The second-order valence-corrected chi connectivity index (χ2v) is 10.4. The number of aromatic nitrogens is 1. The minimum absolute atomic E-state index is 0.156. The van der Waals surface area contributed by atoms with Crippen molar-refractivity contribution in [3.05, 3.63) is 59.1 Å². The average Bonchev–Trinajstić information content (AvgIpc) is 3.39. The molecule has 3 heterocycles. The molecule has 0 aliphatic carbocycles. The van der Waals surface area contributed by atoms with Gasteiger partial charge in [-0.05, 0) is 43.5 Å². The highest BCUT2D eigenvalue weighted by Gasteiger charge is 2.49. The van der Waals surface area contributed by atoms with Crippen LogP contribution < -0.4 is 10.1 Å². The number of ether oxygens (including phenoxy) is 1. The quantitative estimate of drug-likeness (QED) is 0.531. The van der Waals surface area contributed by atoms with E-state index in [9.17, 15) is 14.4 Å². The predicted molar refractivity (Wildman–Crippen MR) is 134 cm³/mol. The van der Waals surface area contributed by atoms with Gasteiger partial charge in [-0.1, -0.05) is 30.3 Å². The number of thiazole rings is 1. The summed E-state index contributed by atoms with van der Waals surface area (Å²) in [7, 11) is 1.57. The molecule has 8 nitrogen and oxygen atoms in total. The Labute approximate surface area is 207 Å². The number of hydrogen-bond donors (Lipinski definition) is 1. The topological polar surface area (TPSA) is 91.8 Å². The number of carbonyl (C=O) groups is 3. The molecule has 182 valence electrons. The van der Waals surface area contributed by atoms with Crippen LogP contribution in [0.5, 0.6) is 5.75 Å². The van der Waals surface area contributed by atoms with Crippen LogP contribution in [-0.4, -0.2) is 64.9 Å². The van der Waals surface area contributed by atoms with E-state index < -0.39 is 17.5 Å². The Morgan fingerprint density at radius 1 is 1.20 bits per heavy atom. The molecule has 9 heteroatoms. The Bertz CT molecular complexity index is 1260. The van der Waals surface area contributed by atoms with Gasteiger partial charge in [-0.25, -0.2) is 9.78 Å². The summed E-state index contributed by atoms with van der Waals surface area (Å²) in [5.41, 5.74) is 0.649. The third kappa shape index (κ3) is 4.48. The zero-order valence-electron chi connectivity index (χ0n) is 19.8. The van der Waals surface area contributed by atoms with Crippen molar-refractivity contribution in [3.63, 3.8) is 0 Å². The first kappa shape index (κ1) is 23.3. The van der Waals surface area contributed by atoms with Crippen LogP contribution in [-0.2, 0) is 16.0 Å². The maximum Gasteiger partial charge on any atom is 0.325 e. The zero-order valence-corrected chi connectivity index (χ0v) is 20.6. The number of imide groups is 1. The summed E-state index contributed by atoms with van der Waals surface area (Å²) < 4.78 is 6.54. The summed E-state index contributed by atoms with van der Waals surface area (Å²) in [5, 5.41) is 3.82. The first-order valence-corrected chi connectivity index (χ1v) is 12.6.